The number of anilines is 2. The molecule has 0 bridgehead atoms. The van der Waals surface area contributed by atoms with Gasteiger partial charge in [-0.25, -0.2) is 0 Å². The zero-order valence-electron chi connectivity index (χ0n) is 18.2. The molecule has 5 heteroatoms. The third kappa shape index (κ3) is 5.97. The number of likely N-dealkylation sites (tertiary alicyclic amines) is 1. The van der Waals surface area contributed by atoms with Gasteiger partial charge in [0.15, 0.2) is 0 Å². The molecule has 1 aromatic rings. The van der Waals surface area contributed by atoms with Crippen molar-refractivity contribution in [2.75, 3.05) is 36.4 Å². The number of unbranched alkanes of at least 4 members (excludes halogenated alkanes) is 2. The van der Waals surface area contributed by atoms with Gasteiger partial charge < -0.3 is 15.1 Å². The highest BCUT2D eigenvalue weighted by molar-refractivity contribution is 6.02. The Balaban J connectivity index is 1.79. The number of carbonyl (C=O) groups excluding carboxylic acids is 2. The lowest BCUT2D eigenvalue weighted by Crippen LogP contribution is -2.38. The summed E-state index contributed by atoms with van der Waals surface area (Å²) in [5, 5.41) is 3.01. The first-order valence-electron chi connectivity index (χ1n) is 11.6. The van der Waals surface area contributed by atoms with Gasteiger partial charge in [-0.15, -0.1) is 0 Å². The topological polar surface area (TPSA) is 52.7 Å². The summed E-state index contributed by atoms with van der Waals surface area (Å²) in [5.41, 5.74) is 2.50. The van der Waals surface area contributed by atoms with Crippen LogP contribution in [0.2, 0.25) is 0 Å². The van der Waals surface area contributed by atoms with Gasteiger partial charge in [0.2, 0.25) is 5.91 Å². The van der Waals surface area contributed by atoms with Gasteiger partial charge in [0.25, 0.3) is 5.91 Å². The van der Waals surface area contributed by atoms with Crippen LogP contribution in [0.15, 0.2) is 18.2 Å². The fourth-order valence-electron chi connectivity index (χ4n) is 4.34. The van der Waals surface area contributed by atoms with E-state index in [1.807, 2.05) is 23.1 Å². The van der Waals surface area contributed by atoms with E-state index in [0.29, 0.717) is 6.42 Å². The van der Waals surface area contributed by atoms with Gasteiger partial charge in [0, 0.05) is 44.0 Å². The van der Waals surface area contributed by atoms with E-state index in [-0.39, 0.29) is 11.8 Å². The van der Waals surface area contributed by atoms with E-state index in [0.717, 1.165) is 94.0 Å². The standard InChI is InChI=1S/C24H37N3O2/c1-3-4-6-9-23(28)25-20-10-11-22(26-16-12-19(2)13-17-26)21(18-20)24(29)27-14-7-5-8-15-27/h10-11,18-19H,3-9,12-17H2,1-2H3,(H,25,28). The number of nitrogens with zero attached hydrogens (tertiary/aromatic N) is 2. The average Bonchev–Trinajstić information content (AvgIpc) is 2.75. The molecule has 2 heterocycles. The van der Waals surface area contributed by atoms with Crippen LogP contribution in [-0.4, -0.2) is 42.9 Å². The summed E-state index contributed by atoms with van der Waals surface area (Å²) < 4.78 is 0. The molecule has 0 radical (unpaired) electrons. The van der Waals surface area contributed by atoms with Gasteiger partial charge in [0.05, 0.1) is 5.56 Å². The van der Waals surface area contributed by atoms with Crippen molar-refractivity contribution in [3.63, 3.8) is 0 Å². The molecule has 160 valence electrons. The highest BCUT2D eigenvalue weighted by atomic mass is 16.2. The number of hydrogen-bond acceptors (Lipinski definition) is 3. The maximum atomic E-state index is 13.4. The zero-order valence-corrected chi connectivity index (χ0v) is 18.2. The quantitative estimate of drug-likeness (QED) is 0.652. The largest absolute Gasteiger partial charge is 0.371 e. The Morgan fingerprint density at radius 3 is 2.45 bits per heavy atom. The number of hydrogen-bond donors (Lipinski definition) is 1. The van der Waals surface area contributed by atoms with Gasteiger partial charge in [0.1, 0.15) is 0 Å². The van der Waals surface area contributed by atoms with E-state index >= 15 is 0 Å². The minimum atomic E-state index is 0.0365. The molecular weight excluding hydrogens is 362 g/mol. The Bertz CT molecular complexity index is 689. The van der Waals surface area contributed by atoms with Crippen molar-refractivity contribution in [1.29, 1.82) is 0 Å². The lowest BCUT2D eigenvalue weighted by molar-refractivity contribution is -0.116. The Morgan fingerprint density at radius 2 is 1.76 bits per heavy atom. The fourth-order valence-corrected chi connectivity index (χ4v) is 4.34. The van der Waals surface area contributed by atoms with E-state index in [1.165, 1.54) is 6.42 Å². The molecule has 2 aliphatic rings. The maximum Gasteiger partial charge on any atom is 0.256 e. The summed E-state index contributed by atoms with van der Waals surface area (Å²) in [6.07, 6.45) is 9.30. The number of benzene rings is 1. The first-order valence-corrected chi connectivity index (χ1v) is 11.6. The van der Waals surface area contributed by atoms with Gasteiger partial charge in [-0.3, -0.25) is 9.59 Å². The smallest absolute Gasteiger partial charge is 0.256 e. The van der Waals surface area contributed by atoms with Crippen molar-refractivity contribution in [1.82, 2.24) is 4.90 Å². The van der Waals surface area contributed by atoms with Crippen LogP contribution in [0.25, 0.3) is 0 Å². The summed E-state index contributed by atoms with van der Waals surface area (Å²) in [4.78, 5) is 30.0. The summed E-state index contributed by atoms with van der Waals surface area (Å²) in [6.45, 7) is 8.09. The van der Waals surface area contributed by atoms with E-state index in [4.69, 9.17) is 0 Å². The number of carbonyl (C=O) groups is 2. The van der Waals surface area contributed by atoms with E-state index in [2.05, 4.69) is 24.1 Å². The van der Waals surface area contributed by atoms with Crippen molar-refractivity contribution in [3.8, 4) is 0 Å². The average molecular weight is 400 g/mol. The van der Waals surface area contributed by atoms with E-state index < -0.39 is 0 Å². The maximum absolute atomic E-state index is 13.4. The molecule has 0 saturated carbocycles. The SMILES string of the molecule is CCCCCC(=O)Nc1ccc(N2CCC(C)CC2)c(C(=O)N2CCCCC2)c1. The van der Waals surface area contributed by atoms with Gasteiger partial charge >= 0.3 is 0 Å². The highest BCUT2D eigenvalue weighted by Gasteiger charge is 2.25. The molecule has 1 aromatic carbocycles. The number of piperidine rings is 2. The van der Waals surface area contributed by atoms with Crippen molar-refractivity contribution in [2.45, 2.75) is 71.6 Å². The fraction of sp³-hybridized carbons (Fsp3) is 0.667. The molecule has 2 aliphatic heterocycles. The van der Waals surface area contributed by atoms with E-state index in [9.17, 15) is 9.59 Å². The Hall–Kier alpha value is -2.04. The van der Waals surface area contributed by atoms with Crippen LogP contribution in [0, 0.1) is 5.92 Å². The Labute approximate surface area is 175 Å². The molecule has 0 atom stereocenters. The van der Waals surface area contributed by atoms with Crippen LogP contribution in [0.1, 0.15) is 82.0 Å². The number of nitrogens with one attached hydrogen (secondary N) is 1. The van der Waals surface area contributed by atoms with Crippen LogP contribution < -0.4 is 10.2 Å². The van der Waals surface area contributed by atoms with Crippen molar-refractivity contribution in [3.05, 3.63) is 23.8 Å². The summed E-state index contributed by atoms with van der Waals surface area (Å²) >= 11 is 0. The zero-order chi connectivity index (χ0) is 20.6. The summed E-state index contributed by atoms with van der Waals surface area (Å²) in [5.74, 6) is 0.893. The molecule has 0 spiro atoms. The molecule has 0 aromatic heterocycles. The molecule has 5 nitrogen and oxygen atoms in total. The number of amides is 2. The molecular formula is C24H37N3O2. The Kier molecular flexibility index (Phi) is 7.96. The van der Waals surface area contributed by atoms with Crippen LogP contribution in [0.3, 0.4) is 0 Å². The number of rotatable bonds is 7. The molecule has 2 saturated heterocycles. The van der Waals surface area contributed by atoms with Crippen LogP contribution in [0.4, 0.5) is 11.4 Å². The lowest BCUT2D eigenvalue weighted by Gasteiger charge is -2.35. The molecule has 2 fully saturated rings. The van der Waals surface area contributed by atoms with Crippen molar-refractivity contribution in [2.24, 2.45) is 5.92 Å². The molecule has 29 heavy (non-hydrogen) atoms. The second-order valence-electron chi connectivity index (χ2n) is 8.76. The predicted molar refractivity (Wildman–Crippen MR) is 120 cm³/mol. The van der Waals surface area contributed by atoms with Crippen molar-refractivity contribution >= 4 is 23.2 Å². The van der Waals surface area contributed by atoms with Crippen LogP contribution >= 0.6 is 0 Å². The van der Waals surface area contributed by atoms with Crippen molar-refractivity contribution < 1.29 is 9.59 Å². The molecule has 0 unspecified atom stereocenters. The minimum absolute atomic E-state index is 0.0365. The second kappa shape index (κ2) is 10.7. The summed E-state index contributed by atoms with van der Waals surface area (Å²) in [7, 11) is 0. The monoisotopic (exact) mass is 399 g/mol. The first kappa shape index (κ1) is 21.7. The lowest BCUT2D eigenvalue weighted by atomic mass is 9.97. The predicted octanol–water partition coefficient (Wildman–Crippen LogP) is 5.07. The highest BCUT2D eigenvalue weighted by Crippen LogP contribution is 2.30. The summed E-state index contributed by atoms with van der Waals surface area (Å²) in [6, 6.07) is 5.90. The molecule has 2 amide bonds. The minimum Gasteiger partial charge on any atom is -0.371 e. The Morgan fingerprint density at radius 1 is 1.03 bits per heavy atom. The third-order valence-electron chi connectivity index (χ3n) is 6.29. The van der Waals surface area contributed by atoms with Gasteiger partial charge in [-0.05, 0) is 62.6 Å². The molecule has 0 aliphatic carbocycles. The van der Waals surface area contributed by atoms with E-state index in [1.54, 1.807) is 0 Å². The normalized spacial score (nSPS) is 18.0. The molecule has 1 N–H and O–H groups in total. The third-order valence-corrected chi connectivity index (χ3v) is 6.29. The van der Waals surface area contributed by atoms with Crippen LogP contribution in [0.5, 0.6) is 0 Å². The van der Waals surface area contributed by atoms with Gasteiger partial charge in [-0.1, -0.05) is 26.7 Å². The first-order chi connectivity index (χ1) is 14.1. The molecule has 3 rings (SSSR count). The second-order valence-corrected chi connectivity index (χ2v) is 8.76. The van der Waals surface area contributed by atoms with Crippen LogP contribution in [-0.2, 0) is 4.79 Å². The van der Waals surface area contributed by atoms with Gasteiger partial charge in [-0.2, -0.15) is 0 Å².